The van der Waals surface area contributed by atoms with Crippen LogP contribution in [0.3, 0.4) is 0 Å². The number of nitrogens with zero attached hydrogens (tertiary/aromatic N) is 4. The molecule has 1 aromatic carbocycles. The van der Waals surface area contributed by atoms with E-state index in [-0.39, 0.29) is 23.9 Å². The van der Waals surface area contributed by atoms with Gasteiger partial charge in [0.15, 0.2) is 5.82 Å². The van der Waals surface area contributed by atoms with Crippen LogP contribution in [-0.2, 0) is 13.6 Å². The maximum Gasteiger partial charge on any atom is 0.327 e. The molecule has 0 radical (unpaired) electrons. The number of ether oxygens (including phenoxy) is 1. The molecule has 0 unspecified atom stereocenters. The lowest BCUT2D eigenvalue weighted by Crippen LogP contribution is -2.10. The molecule has 0 atom stereocenters. The maximum atomic E-state index is 13.9. The number of hydrogen-bond donors (Lipinski definition) is 1. The summed E-state index contributed by atoms with van der Waals surface area (Å²) in [5, 5.41) is 22.0. The fraction of sp³-hybridized carbons (Fsp3) is 0.429. The number of aromatic nitrogens is 3. The normalized spacial score (nSPS) is 10.9. The highest BCUT2D eigenvalue weighted by molar-refractivity contribution is 5.65. The minimum Gasteiger partial charge on any atom is -0.497 e. The van der Waals surface area contributed by atoms with E-state index in [2.05, 4.69) is 15.5 Å². The minimum atomic E-state index is -0.960. The van der Waals surface area contributed by atoms with E-state index in [1.807, 2.05) is 20.9 Å². The average molecular weight is 323 g/mol. The number of halogens is 1. The molecule has 0 aliphatic heterocycles. The summed E-state index contributed by atoms with van der Waals surface area (Å²) in [5.74, 6) is 0.818. The van der Waals surface area contributed by atoms with Gasteiger partial charge in [-0.25, -0.2) is 0 Å². The zero-order chi connectivity index (χ0) is 17.1. The topological polar surface area (TPSA) is 95.1 Å². The molecule has 0 amide bonds. The van der Waals surface area contributed by atoms with Gasteiger partial charge in [-0.15, -0.1) is 10.2 Å². The van der Waals surface area contributed by atoms with Crippen molar-refractivity contribution in [2.24, 2.45) is 7.05 Å². The van der Waals surface area contributed by atoms with Crippen molar-refractivity contribution in [3.63, 3.8) is 0 Å². The molecule has 8 nitrogen and oxygen atoms in total. The van der Waals surface area contributed by atoms with E-state index in [0.29, 0.717) is 5.82 Å². The van der Waals surface area contributed by atoms with Crippen LogP contribution in [0.25, 0.3) is 0 Å². The Morgan fingerprint density at radius 2 is 2.13 bits per heavy atom. The molecule has 0 fully saturated rings. The van der Waals surface area contributed by atoms with Gasteiger partial charge in [-0.2, -0.15) is 4.39 Å². The molecule has 0 spiro atoms. The molecule has 2 rings (SSSR count). The fourth-order valence-electron chi connectivity index (χ4n) is 2.22. The second-order valence-electron chi connectivity index (χ2n) is 5.30. The van der Waals surface area contributed by atoms with Gasteiger partial charge in [-0.3, -0.25) is 10.1 Å². The van der Waals surface area contributed by atoms with Crippen LogP contribution >= 0.6 is 0 Å². The number of anilines is 1. The fourth-order valence-corrected chi connectivity index (χ4v) is 2.22. The van der Waals surface area contributed by atoms with Gasteiger partial charge in [0.05, 0.1) is 18.6 Å². The van der Waals surface area contributed by atoms with Crippen LogP contribution in [0.4, 0.5) is 15.8 Å². The molecule has 0 bridgehead atoms. The van der Waals surface area contributed by atoms with E-state index in [4.69, 9.17) is 4.74 Å². The number of nitro groups is 1. The molecule has 23 heavy (non-hydrogen) atoms. The lowest BCUT2D eigenvalue weighted by Gasteiger charge is -2.10. The lowest BCUT2D eigenvalue weighted by molar-refractivity contribution is -0.386. The van der Waals surface area contributed by atoms with Crippen molar-refractivity contribution in [3.8, 4) is 5.75 Å². The maximum absolute atomic E-state index is 13.9. The van der Waals surface area contributed by atoms with Gasteiger partial charge in [0.2, 0.25) is 5.82 Å². The molecule has 0 aliphatic rings. The summed E-state index contributed by atoms with van der Waals surface area (Å²) in [4.78, 5) is 10.3. The Labute approximate surface area is 132 Å². The SMILES string of the molecule is COc1cc(F)c([N+](=O)[O-])c(NCc2nnc(C(C)C)n2C)c1. The molecule has 0 aliphatic carbocycles. The van der Waals surface area contributed by atoms with E-state index >= 15 is 0 Å². The zero-order valence-corrected chi connectivity index (χ0v) is 13.3. The summed E-state index contributed by atoms with van der Waals surface area (Å²) < 4.78 is 20.6. The van der Waals surface area contributed by atoms with Crippen LogP contribution in [0.1, 0.15) is 31.4 Å². The summed E-state index contributed by atoms with van der Waals surface area (Å²) in [6.45, 7) is 4.15. The number of benzene rings is 1. The van der Waals surface area contributed by atoms with E-state index in [9.17, 15) is 14.5 Å². The lowest BCUT2D eigenvalue weighted by atomic mass is 10.2. The van der Waals surface area contributed by atoms with Gasteiger partial charge in [-0.1, -0.05) is 13.8 Å². The molecule has 1 aromatic heterocycles. The van der Waals surface area contributed by atoms with Gasteiger partial charge in [-0.05, 0) is 0 Å². The number of hydrogen-bond acceptors (Lipinski definition) is 6. The van der Waals surface area contributed by atoms with E-state index in [0.717, 1.165) is 11.9 Å². The van der Waals surface area contributed by atoms with Crippen LogP contribution in [0, 0.1) is 15.9 Å². The van der Waals surface area contributed by atoms with Crippen molar-refractivity contribution in [3.05, 3.63) is 39.7 Å². The smallest absolute Gasteiger partial charge is 0.327 e. The zero-order valence-electron chi connectivity index (χ0n) is 13.3. The van der Waals surface area contributed by atoms with Crippen LogP contribution in [-0.4, -0.2) is 26.8 Å². The Balaban J connectivity index is 2.29. The second kappa shape index (κ2) is 6.59. The Morgan fingerprint density at radius 3 is 2.65 bits per heavy atom. The van der Waals surface area contributed by atoms with E-state index in [1.54, 1.807) is 4.57 Å². The van der Waals surface area contributed by atoms with Gasteiger partial charge < -0.3 is 14.6 Å². The molecule has 1 N–H and O–H groups in total. The highest BCUT2D eigenvalue weighted by atomic mass is 19.1. The number of nitro benzene ring substituents is 1. The van der Waals surface area contributed by atoms with Gasteiger partial charge in [0.25, 0.3) is 0 Å². The van der Waals surface area contributed by atoms with Crippen molar-refractivity contribution in [2.45, 2.75) is 26.3 Å². The highest BCUT2D eigenvalue weighted by Crippen LogP contribution is 2.32. The molecule has 2 aromatic rings. The third kappa shape index (κ3) is 3.38. The predicted molar refractivity (Wildman–Crippen MR) is 82.0 cm³/mol. The number of nitrogens with one attached hydrogen (secondary N) is 1. The molecule has 9 heteroatoms. The molecule has 0 saturated heterocycles. The molecular weight excluding hydrogens is 305 g/mol. The molecule has 0 saturated carbocycles. The second-order valence-corrected chi connectivity index (χ2v) is 5.30. The summed E-state index contributed by atoms with van der Waals surface area (Å²) in [6, 6.07) is 2.35. The first-order valence-corrected chi connectivity index (χ1v) is 6.99. The van der Waals surface area contributed by atoms with Crippen molar-refractivity contribution in [1.29, 1.82) is 0 Å². The molecule has 124 valence electrons. The van der Waals surface area contributed by atoms with E-state index < -0.39 is 16.4 Å². The van der Waals surface area contributed by atoms with Crippen molar-refractivity contribution < 1.29 is 14.1 Å². The first-order valence-electron chi connectivity index (χ1n) is 6.99. The van der Waals surface area contributed by atoms with E-state index in [1.165, 1.54) is 13.2 Å². The standard InChI is InChI=1S/C14H18FN5O3/c1-8(2)14-18-17-12(19(14)3)7-16-11-6-9(23-4)5-10(15)13(11)20(21)22/h5-6,8,16H,7H2,1-4H3. The first-order chi connectivity index (χ1) is 10.8. The highest BCUT2D eigenvalue weighted by Gasteiger charge is 2.22. The van der Waals surface area contributed by atoms with Gasteiger partial charge in [0.1, 0.15) is 17.3 Å². The third-order valence-electron chi connectivity index (χ3n) is 3.41. The number of rotatable bonds is 6. The van der Waals surface area contributed by atoms with Crippen molar-refractivity contribution >= 4 is 11.4 Å². The largest absolute Gasteiger partial charge is 0.497 e. The van der Waals surface area contributed by atoms with Crippen molar-refractivity contribution in [1.82, 2.24) is 14.8 Å². The third-order valence-corrected chi connectivity index (χ3v) is 3.41. The molecule has 1 heterocycles. The summed E-state index contributed by atoms with van der Waals surface area (Å²) >= 11 is 0. The Hall–Kier alpha value is -2.71. The first kappa shape index (κ1) is 16.7. The Bertz CT molecular complexity index is 729. The van der Waals surface area contributed by atoms with Crippen molar-refractivity contribution in [2.75, 3.05) is 12.4 Å². The number of methoxy groups -OCH3 is 1. The van der Waals surface area contributed by atoms with Crippen LogP contribution in [0.15, 0.2) is 12.1 Å². The minimum absolute atomic E-state index is 0.0287. The predicted octanol–water partition coefficient (Wildman–Crippen LogP) is 2.61. The molecular formula is C14H18FN5O3. The monoisotopic (exact) mass is 323 g/mol. The summed E-state index contributed by atoms with van der Waals surface area (Å²) in [5.41, 5.74) is -0.599. The quantitative estimate of drug-likeness (QED) is 0.648. The van der Waals surface area contributed by atoms with Gasteiger partial charge in [0, 0.05) is 25.1 Å². The average Bonchev–Trinajstić information content (AvgIpc) is 2.85. The summed E-state index contributed by atoms with van der Waals surface area (Å²) in [7, 11) is 3.18. The van der Waals surface area contributed by atoms with Gasteiger partial charge >= 0.3 is 5.69 Å². The summed E-state index contributed by atoms with van der Waals surface area (Å²) in [6.07, 6.45) is 0. The van der Waals surface area contributed by atoms with Crippen LogP contribution in [0.2, 0.25) is 0 Å². The van der Waals surface area contributed by atoms with Crippen LogP contribution in [0.5, 0.6) is 5.75 Å². The Morgan fingerprint density at radius 1 is 1.43 bits per heavy atom. The Kier molecular flexibility index (Phi) is 4.77. The van der Waals surface area contributed by atoms with Crippen LogP contribution < -0.4 is 10.1 Å².